The third kappa shape index (κ3) is 3.61. The predicted octanol–water partition coefficient (Wildman–Crippen LogP) is 4.98. The molecule has 0 saturated heterocycles. The molecule has 5 rings (SSSR count). The van der Waals surface area contributed by atoms with Crippen LogP contribution in [0.15, 0.2) is 42.5 Å². The average Bonchev–Trinajstić information content (AvgIpc) is 3.43. The molecule has 2 heterocycles. The van der Waals surface area contributed by atoms with Crippen molar-refractivity contribution in [2.24, 2.45) is 0 Å². The number of aromatic amines is 1. The van der Waals surface area contributed by atoms with Crippen molar-refractivity contribution in [2.45, 2.75) is 44.2 Å². The number of nitrogens with one attached hydrogen (secondary N) is 1. The van der Waals surface area contributed by atoms with Crippen molar-refractivity contribution >= 4 is 5.91 Å². The van der Waals surface area contributed by atoms with Crippen LogP contribution in [0.4, 0.5) is 0 Å². The zero-order chi connectivity index (χ0) is 22.9. The number of H-pyrrole nitrogens is 1. The van der Waals surface area contributed by atoms with Gasteiger partial charge in [-0.2, -0.15) is 5.10 Å². The summed E-state index contributed by atoms with van der Waals surface area (Å²) < 4.78 is 16.5. The van der Waals surface area contributed by atoms with Crippen molar-refractivity contribution in [1.82, 2.24) is 15.1 Å². The van der Waals surface area contributed by atoms with Gasteiger partial charge in [-0.1, -0.05) is 19.3 Å². The van der Waals surface area contributed by atoms with Crippen molar-refractivity contribution in [3.63, 3.8) is 0 Å². The first-order valence-electron chi connectivity index (χ1n) is 11.4. The fourth-order valence-corrected chi connectivity index (χ4v) is 5.22. The third-order valence-corrected chi connectivity index (χ3v) is 6.87. The Balaban J connectivity index is 1.67. The molecule has 1 aliphatic heterocycles. The summed E-state index contributed by atoms with van der Waals surface area (Å²) in [5.41, 5.74) is 4.12. The molecular formula is C26H29N3O4. The highest BCUT2D eigenvalue weighted by atomic mass is 16.5. The lowest BCUT2D eigenvalue weighted by Gasteiger charge is -2.36. The lowest BCUT2D eigenvalue weighted by molar-refractivity contribution is 0.0604. The second-order valence-electron chi connectivity index (χ2n) is 8.60. The van der Waals surface area contributed by atoms with Crippen LogP contribution < -0.4 is 14.2 Å². The van der Waals surface area contributed by atoms with Crippen LogP contribution in [0.3, 0.4) is 0 Å². The Morgan fingerprint density at radius 2 is 1.61 bits per heavy atom. The molecule has 0 spiro atoms. The van der Waals surface area contributed by atoms with E-state index < -0.39 is 0 Å². The van der Waals surface area contributed by atoms with Crippen molar-refractivity contribution in [3.05, 3.63) is 59.3 Å². The number of fused-ring (bicyclic) bond motifs is 1. The quantitative estimate of drug-likeness (QED) is 0.577. The number of hydrogen-bond donors (Lipinski definition) is 1. The molecular weight excluding hydrogens is 418 g/mol. The largest absolute Gasteiger partial charge is 0.497 e. The molecule has 7 heteroatoms. The maximum absolute atomic E-state index is 13.7. The number of benzene rings is 2. The number of carbonyl (C=O) groups excluding carboxylic acids is 1. The molecule has 1 atom stereocenters. The molecule has 7 nitrogen and oxygen atoms in total. The van der Waals surface area contributed by atoms with Crippen molar-refractivity contribution in [2.75, 3.05) is 21.3 Å². The Bertz CT molecular complexity index is 1150. The van der Waals surface area contributed by atoms with E-state index in [2.05, 4.69) is 15.1 Å². The van der Waals surface area contributed by atoms with E-state index >= 15 is 0 Å². The van der Waals surface area contributed by atoms with Crippen LogP contribution in [-0.4, -0.2) is 48.4 Å². The average molecular weight is 448 g/mol. The number of hydrogen-bond acceptors (Lipinski definition) is 5. The molecule has 1 unspecified atom stereocenters. The van der Waals surface area contributed by atoms with Gasteiger partial charge in [0.05, 0.1) is 33.1 Å². The minimum Gasteiger partial charge on any atom is -0.497 e. The SMILES string of the molecule is COc1ccc(-c2n[nH]c3c2C(c2ccc(OC)cc2OC)N(C2CCCCC2)C3=O)cc1. The third-order valence-electron chi connectivity index (χ3n) is 6.87. The van der Waals surface area contributed by atoms with E-state index in [4.69, 9.17) is 14.2 Å². The molecule has 1 aliphatic carbocycles. The Hall–Kier alpha value is -3.48. The van der Waals surface area contributed by atoms with Crippen molar-refractivity contribution < 1.29 is 19.0 Å². The molecule has 1 amide bonds. The van der Waals surface area contributed by atoms with Crippen LogP contribution in [0.25, 0.3) is 11.3 Å². The topological polar surface area (TPSA) is 76.7 Å². The van der Waals surface area contributed by atoms with Gasteiger partial charge in [-0.3, -0.25) is 9.89 Å². The van der Waals surface area contributed by atoms with Gasteiger partial charge in [-0.25, -0.2) is 0 Å². The van der Waals surface area contributed by atoms with E-state index in [1.807, 2.05) is 42.5 Å². The highest BCUT2D eigenvalue weighted by Crippen LogP contribution is 2.48. The molecule has 3 aromatic rings. The van der Waals surface area contributed by atoms with Crippen LogP contribution in [0.2, 0.25) is 0 Å². The van der Waals surface area contributed by atoms with E-state index in [1.165, 1.54) is 6.42 Å². The lowest BCUT2D eigenvalue weighted by Crippen LogP contribution is -2.40. The summed E-state index contributed by atoms with van der Waals surface area (Å²) in [4.78, 5) is 15.8. The van der Waals surface area contributed by atoms with E-state index in [-0.39, 0.29) is 18.0 Å². The molecule has 1 aromatic heterocycles. The molecule has 1 saturated carbocycles. The van der Waals surface area contributed by atoms with Gasteiger partial charge in [-0.15, -0.1) is 0 Å². The van der Waals surface area contributed by atoms with Gasteiger partial charge in [-0.05, 0) is 49.2 Å². The van der Waals surface area contributed by atoms with Crippen LogP contribution in [0.5, 0.6) is 17.2 Å². The summed E-state index contributed by atoms with van der Waals surface area (Å²) >= 11 is 0. The number of amides is 1. The molecule has 0 bridgehead atoms. The predicted molar refractivity (Wildman–Crippen MR) is 125 cm³/mol. The van der Waals surface area contributed by atoms with Crippen LogP contribution >= 0.6 is 0 Å². The Labute approximate surface area is 193 Å². The normalized spacial score (nSPS) is 18.3. The molecule has 1 fully saturated rings. The van der Waals surface area contributed by atoms with Gasteiger partial charge in [0, 0.05) is 28.8 Å². The summed E-state index contributed by atoms with van der Waals surface area (Å²) in [5.74, 6) is 2.20. The minimum absolute atomic E-state index is 0.00651. The Morgan fingerprint density at radius 1 is 0.909 bits per heavy atom. The highest BCUT2D eigenvalue weighted by Gasteiger charge is 2.46. The summed E-state index contributed by atoms with van der Waals surface area (Å²) in [6.07, 6.45) is 5.52. The Kier molecular flexibility index (Phi) is 5.70. The maximum Gasteiger partial charge on any atom is 0.273 e. The van der Waals surface area contributed by atoms with Gasteiger partial charge >= 0.3 is 0 Å². The van der Waals surface area contributed by atoms with Gasteiger partial charge in [0.1, 0.15) is 22.9 Å². The Morgan fingerprint density at radius 3 is 2.27 bits per heavy atom. The minimum atomic E-state index is -0.285. The first-order chi connectivity index (χ1) is 16.2. The zero-order valence-electron chi connectivity index (χ0n) is 19.3. The molecule has 0 radical (unpaired) electrons. The number of nitrogens with zero attached hydrogens (tertiary/aromatic N) is 2. The zero-order valence-corrected chi connectivity index (χ0v) is 19.3. The van der Waals surface area contributed by atoms with Gasteiger partial charge in [0.25, 0.3) is 5.91 Å². The maximum atomic E-state index is 13.7. The summed E-state index contributed by atoms with van der Waals surface area (Å²) in [6.45, 7) is 0. The number of methoxy groups -OCH3 is 3. The highest BCUT2D eigenvalue weighted by molar-refractivity contribution is 6.00. The molecule has 33 heavy (non-hydrogen) atoms. The van der Waals surface area contributed by atoms with Crippen LogP contribution in [0, 0.1) is 0 Å². The lowest BCUT2D eigenvalue weighted by atomic mass is 9.90. The fourth-order valence-electron chi connectivity index (χ4n) is 5.22. The second kappa shape index (κ2) is 8.81. The van der Waals surface area contributed by atoms with E-state index in [0.717, 1.165) is 53.8 Å². The van der Waals surface area contributed by atoms with Crippen molar-refractivity contribution in [1.29, 1.82) is 0 Å². The van der Waals surface area contributed by atoms with Gasteiger partial charge in [0.2, 0.25) is 0 Å². The van der Waals surface area contributed by atoms with Gasteiger partial charge < -0.3 is 19.1 Å². The molecule has 172 valence electrons. The van der Waals surface area contributed by atoms with E-state index in [0.29, 0.717) is 17.2 Å². The number of rotatable bonds is 6. The first kappa shape index (κ1) is 21.4. The summed E-state index contributed by atoms with van der Waals surface area (Å²) in [5, 5.41) is 7.63. The number of aromatic nitrogens is 2. The van der Waals surface area contributed by atoms with E-state index in [1.54, 1.807) is 21.3 Å². The van der Waals surface area contributed by atoms with Crippen molar-refractivity contribution in [3.8, 4) is 28.5 Å². The summed E-state index contributed by atoms with van der Waals surface area (Å²) in [6, 6.07) is 13.5. The second-order valence-corrected chi connectivity index (χ2v) is 8.60. The van der Waals surface area contributed by atoms with Gasteiger partial charge in [0.15, 0.2) is 0 Å². The first-order valence-corrected chi connectivity index (χ1v) is 11.4. The molecule has 1 N–H and O–H groups in total. The number of carbonyl (C=O) groups is 1. The van der Waals surface area contributed by atoms with Crippen LogP contribution in [-0.2, 0) is 0 Å². The smallest absolute Gasteiger partial charge is 0.273 e. The summed E-state index contributed by atoms with van der Waals surface area (Å²) in [7, 11) is 4.94. The molecule has 2 aromatic carbocycles. The van der Waals surface area contributed by atoms with Crippen LogP contribution in [0.1, 0.15) is 59.8 Å². The fraction of sp³-hybridized carbons (Fsp3) is 0.385. The van der Waals surface area contributed by atoms with E-state index in [9.17, 15) is 4.79 Å². The monoisotopic (exact) mass is 447 g/mol. The molecule has 2 aliphatic rings. The standard InChI is InChI=1S/C26H29N3O4/c1-31-18-11-9-16(10-12-18)23-22-24(28-27-23)26(30)29(17-7-5-4-6-8-17)25(22)20-14-13-19(32-2)15-21(20)33-3/h9-15,17,25H,4-8H2,1-3H3,(H,27,28). The number of ether oxygens (including phenoxy) is 3.